The molecule has 6 rings (SSSR count). The number of carbonyl (C=O) groups is 3. The molecule has 220 valence electrons. The van der Waals surface area contributed by atoms with E-state index < -0.39 is 29.2 Å². The van der Waals surface area contributed by atoms with Crippen LogP contribution in [0.3, 0.4) is 0 Å². The number of β-lactam (4-membered cyclic amide) rings is 1. The van der Waals surface area contributed by atoms with E-state index in [0.717, 1.165) is 39.5 Å². The Morgan fingerprint density at radius 1 is 1.35 bits per heavy atom. The number of nitrogens with one attached hydrogen (secondary N) is 1. The van der Waals surface area contributed by atoms with Crippen LogP contribution in [0.15, 0.2) is 62.5 Å². The first kappa shape index (κ1) is 28.8. The zero-order valence-electron chi connectivity index (χ0n) is 22.2. The number of pyridine rings is 1. The number of nitrogens with two attached hydrogens (primary N) is 1. The Hall–Kier alpha value is -4.33. The Balaban J connectivity index is 1.17. The van der Waals surface area contributed by atoms with Gasteiger partial charge in [0.1, 0.15) is 37.7 Å². The Kier molecular flexibility index (Phi) is 7.86. The number of fused-ring (bicyclic) bond motifs is 1. The highest BCUT2D eigenvalue weighted by molar-refractivity contribution is 8.07. The normalized spacial score (nSPS) is 18.3. The summed E-state index contributed by atoms with van der Waals surface area (Å²) in [4.78, 5) is 57.6. The fourth-order valence-electron chi connectivity index (χ4n) is 4.33. The van der Waals surface area contributed by atoms with Crippen molar-refractivity contribution in [2.24, 2.45) is 12.2 Å². The number of oxime groups is 1. The summed E-state index contributed by atoms with van der Waals surface area (Å²) in [7, 11) is 3.18. The highest BCUT2D eigenvalue weighted by atomic mass is 32.2. The second-order valence-electron chi connectivity index (χ2n) is 9.00. The van der Waals surface area contributed by atoms with Crippen LogP contribution in [-0.2, 0) is 26.3 Å². The number of imidazole rings is 1. The van der Waals surface area contributed by atoms with Gasteiger partial charge in [-0.3, -0.25) is 19.1 Å². The monoisotopic (exact) mass is 656 g/mol. The number of carbonyl (C=O) groups excluding carboxylic acids is 3. The first-order chi connectivity index (χ1) is 20.7. The molecule has 1 saturated heterocycles. The molecule has 3 N–H and O–H groups in total. The number of hydrogen-bond acceptors (Lipinski definition) is 15. The first-order valence-electron chi connectivity index (χ1n) is 12.3. The number of aliphatic carboxylic acids is 1. The molecule has 0 bridgehead atoms. The molecular weight excluding hydrogens is 637 g/mol. The minimum Gasteiger partial charge on any atom is -0.543 e. The van der Waals surface area contributed by atoms with Crippen molar-refractivity contribution in [2.75, 3.05) is 18.6 Å². The van der Waals surface area contributed by atoms with Crippen LogP contribution in [-0.4, -0.2) is 76.6 Å². The Morgan fingerprint density at radius 2 is 2.19 bits per heavy atom. The van der Waals surface area contributed by atoms with E-state index in [1.165, 1.54) is 30.2 Å². The summed E-state index contributed by atoms with van der Waals surface area (Å²) >= 11 is 4.66. The van der Waals surface area contributed by atoms with E-state index in [2.05, 4.69) is 29.8 Å². The quantitative estimate of drug-likeness (QED) is 0.104. The number of carboxylic acid groups (broad SMARTS) is 1. The van der Waals surface area contributed by atoms with Crippen LogP contribution in [0.25, 0.3) is 17.1 Å². The average molecular weight is 657 g/mol. The number of thioether (sulfide) groups is 2. The molecule has 0 saturated carbocycles. The number of aromatic nitrogens is 6. The van der Waals surface area contributed by atoms with Gasteiger partial charge in [-0.2, -0.15) is 9.36 Å². The minimum atomic E-state index is -1.50. The Morgan fingerprint density at radius 3 is 2.91 bits per heavy atom. The van der Waals surface area contributed by atoms with Gasteiger partial charge < -0.3 is 25.8 Å². The Labute approximate surface area is 259 Å². The number of thiazole rings is 1. The smallest absolute Gasteiger partial charge is 0.278 e. The molecule has 19 heteroatoms. The van der Waals surface area contributed by atoms with Gasteiger partial charge in [0.15, 0.2) is 21.9 Å². The number of hydrogen-bond donors (Lipinski definition) is 2. The number of nitrogens with zero attached hydrogens (tertiary/aromatic N) is 8. The number of nitrogen functional groups attached to an aromatic ring is 1. The summed E-state index contributed by atoms with van der Waals surface area (Å²) in [5, 5.41) is 19.8. The minimum absolute atomic E-state index is 0.0558. The highest BCUT2D eigenvalue weighted by Gasteiger charge is 2.53. The second-order valence-corrected chi connectivity index (χ2v) is 13.1. The van der Waals surface area contributed by atoms with E-state index in [9.17, 15) is 19.5 Å². The van der Waals surface area contributed by atoms with Gasteiger partial charge in [-0.1, -0.05) is 16.9 Å². The average Bonchev–Trinajstić information content (AvgIpc) is 3.75. The number of rotatable bonds is 9. The van der Waals surface area contributed by atoms with Crippen molar-refractivity contribution >= 4 is 75.0 Å². The third-order valence-electron chi connectivity index (χ3n) is 6.23. The van der Waals surface area contributed by atoms with Crippen LogP contribution in [0.2, 0.25) is 0 Å². The lowest BCUT2D eigenvalue weighted by Gasteiger charge is -2.50. The lowest BCUT2D eigenvalue weighted by molar-refractivity contribution is -0.671. The fourth-order valence-corrected chi connectivity index (χ4v) is 8.19. The van der Waals surface area contributed by atoms with E-state index in [4.69, 9.17) is 10.6 Å². The second kappa shape index (κ2) is 11.7. The van der Waals surface area contributed by atoms with E-state index in [1.807, 2.05) is 47.7 Å². The molecule has 2 aliphatic heterocycles. The molecule has 4 aromatic heterocycles. The molecule has 15 nitrogen and oxygen atoms in total. The van der Waals surface area contributed by atoms with Crippen molar-refractivity contribution < 1.29 is 28.9 Å². The lowest BCUT2D eigenvalue weighted by Crippen LogP contribution is -2.71. The van der Waals surface area contributed by atoms with Crippen molar-refractivity contribution in [1.82, 2.24) is 34.1 Å². The van der Waals surface area contributed by atoms with Gasteiger partial charge in [0.05, 0.1) is 22.9 Å². The number of carboxylic acids is 1. The lowest BCUT2D eigenvalue weighted by atomic mass is 10.0. The maximum absolute atomic E-state index is 13.1. The molecule has 2 aliphatic rings. The van der Waals surface area contributed by atoms with Crippen LogP contribution in [0.4, 0.5) is 5.13 Å². The molecule has 2 atom stereocenters. The van der Waals surface area contributed by atoms with Crippen LogP contribution in [0.5, 0.6) is 0 Å². The van der Waals surface area contributed by atoms with E-state index in [0.29, 0.717) is 15.1 Å². The summed E-state index contributed by atoms with van der Waals surface area (Å²) in [5.41, 5.74) is 6.82. The van der Waals surface area contributed by atoms with Gasteiger partial charge in [0.2, 0.25) is 11.5 Å². The van der Waals surface area contributed by atoms with Crippen LogP contribution in [0, 0.1) is 0 Å². The topological polar surface area (TPSA) is 198 Å². The van der Waals surface area contributed by atoms with Gasteiger partial charge in [-0.15, -0.1) is 23.1 Å². The largest absolute Gasteiger partial charge is 0.543 e. The highest BCUT2D eigenvalue weighted by Crippen LogP contribution is 2.45. The van der Waals surface area contributed by atoms with E-state index in [-0.39, 0.29) is 28.1 Å². The molecule has 2 amide bonds. The van der Waals surface area contributed by atoms with Gasteiger partial charge in [0, 0.05) is 39.8 Å². The molecule has 0 radical (unpaired) electrons. The number of aryl methyl sites for hydroxylation is 1. The van der Waals surface area contributed by atoms with Crippen molar-refractivity contribution in [3.8, 4) is 17.1 Å². The summed E-state index contributed by atoms with van der Waals surface area (Å²) in [6.07, 6.45) is 7.42. The summed E-state index contributed by atoms with van der Waals surface area (Å²) in [6.45, 7) is 0. The van der Waals surface area contributed by atoms with Crippen molar-refractivity contribution in [3.05, 3.63) is 58.9 Å². The van der Waals surface area contributed by atoms with Crippen LogP contribution >= 0.6 is 46.4 Å². The molecule has 4 aromatic rings. The van der Waals surface area contributed by atoms with Crippen molar-refractivity contribution in [2.45, 2.75) is 15.8 Å². The standard InChI is InChI=1S/C24H20N10O5S4/c1-32-5-3-4-11(6-32)12-7-33(10-26-12)14-9-41-24(27-14)42-13-8-40-21-16(20(36)34(21)17(13)22(37)38)28-19(35)15(30-39-2)18-29-23(25)43-31-18/h3-7,9-10,16,21H,8H2,1-2H3,(H3-,25,28,29,31,35,37,38)/b30-15-/t16-,21-/m1/s1. The molecule has 0 aromatic carbocycles. The van der Waals surface area contributed by atoms with Gasteiger partial charge in [-0.25, -0.2) is 14.5 Å². The van der Waals surface area contributed by atoms with E-state index >= 15 is 0 Å². The van der Waals surface area contributed by atoms with Crippen molar-refractivity contribution in [1.29, 1.82) is 0 Å². The molecule has 6 heterocycles. The SMILES string of the molecule is CO/N=C(\C(=O)N[C@@H]1C(=O)N2C(C(=O)[O-])=C(Sc3nc(-n4cnc(-c5ccc[n+](C)c5)c4)cs3)CS[C@H]12)c1nsc(N)n1. The van der Waals surface area contributed by atoms with Gasteiger partial charge >= 0.3 is 0 Å². The molecule has 43 heavy (non-hydrogen) atoms. The third kappa shape index (κ3) is 5.58. The predicted octanol–water partition coefficient (Wildman–Crippen LogP) is -0.242. The zero-order valence-corrected chi connectivity index (χ0v) is 25.5. The summed E-state index contributed by atoms with van der Waals surface area (Å²) < 4.78 is 8.26. The maximum Gasteiger partial charge on any atom is 0.278 e. The zero-order chi connectivity index (χ0) is 30.2. The molecular formula is C24H20N10O5S4. The third-order valence-corrected chi connectivity index (χ3v) is 10.2. The molecule has 0 aliphatic carbocycles. The molecule has 1 fully saturated rings. The number of amides is 2. The predicted molar refractivity (Wildman–Crippen MR) is 157 cm³/mol. The molecule has 0 spiro atoms. The van der Waals surface area contributed by atoms with Crippen molar-refractivity contribution in [3.63, 3.8) is 0 Å². The van der Waals surface area contributed by atoms with Crippen LogP contribution in [0.1, 0.15) is 5.82 Å². The summed E-state index contributed by atoms with van der Waals surface area (Å²) in [6, 6.07) is 2.89. The van der Waals surface area contributed by atoms with Crippen LogP contribution < -0.4 is 20.7 Å². The molecule has 0 unspecified atom stereocenters. The van der Waals surface area contributed by atoms with E-state index in [1.54, 1.807) is 10.9 Å². The Bertz CT molecular complexity index is 1810. The van der Waals surface area contributed by atoms with Gasteiger partial charge in [0.25, 0.3) is 11.8 Å². The fraction of sp³-hybridized carbons (Fsp3) is 0.208. The maximum atomic E-state index is 13.1. The first-order valence-corrected chi connectivity index (χ1v) is 15.8. The number of anilines is 1. The van der Waals surface area contributed by atoms with Gasteiger partial charge in [-0.05, 0) is 6.07 Å². The summed E-state index contributed by atoms with van der Waals surface area (Å²) in [5.74, 6) is -2.05.